The average Bonchev–Trinajstić information content (AvgIpc) is 3.34. The lowest BCUT2D eigenvalue weighted by Gasteiger charge is -2.44. The van der Waals surface area contributed by atoms with Gasteiger partial charge < -0.3 is 19.7 Å². The van der Waals surface area contributed by atoms with E-state index in [1.165, 1.54) is 27.9 Å². The molecule has 2 aliphatic carbocycles. The van der Waals surface area contributed by atoms with Gasteiger partial charge in [0.05, 0.1) is 23.9 Å². The van der Waals surface area contributed by atoms with Crippen LogP contribution in [0.25, 0.3) is 0 Å². The highest BCUT2D eigenvalue weighted by atomic mass is 16.6. The number of allylic oxidation sites excluding steroid dienone is 14. The minimum Gasteiger partial charge on any atom is -0.393 e. The Hall–Kier alpha value is -2.50. The van der Waals surface area contributed by atoms with Crippen molar-refractivity contribution in [2.24, 2.45) is 10.8 Å². The first kappa shape index (κ1) is 34.4. The highest BCUT2D eigenvalue weighted by Crippen LogP contribution is 2.66. The molecule has 0 aromatic rings. The predicted octanol–water partition coefficient (Wildman–Crippen LogP) is 8.97. The fourth-order valence-electron chi connectivity index (χ4n) is 7.95. The van der Waals surface area contributed by atoms with E-state index in [0.29, 0.717) is 12.8 Å². The third-order valence-electron chi connectivity index (χ3n) is 10.2. The second-order valence-electron chi connectivity index (χ2n) is 15.4. The standard InChI is InChI=1S/C40H56O4/c1-28(17-13-18-30(3)21-22-40-37(7,8)25-33(42)27-39(40,10)44-40)15-11-12-16-29(2)19-14-20-31(4)34-23-35-36(5,6)24-32(41)26-38(35,9)43-34/h11-23,32-34,41-42H,24-27H2,1-10H3/b12-11+,17-13+,19-14+,22-21+,28-15+,29-16+,30-18-,31-20+/t32-,33+,34-,38-,39+,40-/m1/s1. The fraction of sp³-hybridized carbons (Fsp3) is 0.550. The van der Waals surface area contributed by atoms with E-state index >= 15 is 0 Å². The van der Waals surface area contributed by atoms with Crippen LogP contribution in [0.1, 0.15) is 94.9 Å². The van der Waals surface area contributed by atoms with Crippen LogP contribution in [-0.4, -0.2) is 45.3 Å². The minimum atomic E-state index is -0.385. The topological polar surface area (TPSA) is 62.2 Å². The number of epoxide rings is 1. The first-order chi connectivity index (χ1) is 20.4. The van der Waals surface area contributed by atoms with Gasteiger partial charge in [-0.2, -0.15) is 0 Å². The monoisotopic (exact) mass is 600 g/mol. The maximum absolute atomic E-state index is 10.4. The normalized spacial score (nSPS) is 37.7. The van der Waals surface area contributed by atoms with Crippen LogP contribution in [0.15, 0.2) is 107 Å². The molecule has 0 radical (unpaired) electrons. The number of aliphatic hydroxyl groups is 2. The van der Waals surface area contributed by atoms with Crippen LogP contribution in [0.3, 0.4) is 0 Å². The lowest BCUT2D eigenvalue weighted by Crippen LogP contribution is -2.46. The van der Waals surface area contributed by atoms with Crippen molar-refractivity contribution in [2.45, 2.75) is 130 Å². The van der Waals surface area contributed by atoms with Crippen molar-refractivity contribution in [3.05, 3.63) is 107 Å². The fourth-order valence-corrected chi connectivity index (χ4v) is 7.95. The van der Waals surface area contributed by atoms with Gasteiger partial charge in [-0.3, -0.25) is 0 Å². The Bertz CT molecular complexity index is 1380. The Morgan fingerprint density at radius 3 is 1.86 bits per heavy atom. The quantitative estimate of drug-likeness (QED) is 0.158. The third kappa shape index (κ3) is 7.31. The summed E-state index contributed by atoms with van der Waals surface area (Å²) in [5.74, 6) is 0. The second kappa shape index (κ2) is 12.7. The van der Waals surface area contributed by atoms with Crippen LogP contribution < -0.4 is 0 Å². The van der Waals surface area contributed by atoms with E-state index in [0.717, 1.165) is 12.8 Å². The van der Waals surface area contributed by atoms with Gasteiger partial charge in [0.15, 0.2) is 0 Å². The lowest BCUT2D eigenvalue weighted by molar-refractivity contribution is -0.0683. The first-order valence-corrected chi connectivity index (χ1v) is 16.3. The molecule has 4 heteroatoms. The van der Waals surface area contributed by atoms with Crippen molar-refractivity contribution in [3.63, 3.8) is 0 Å². The number of hydrogen-bond acceptors (Lipinski definition) is 4. The Morgan fingerprint density at radius 1 is 0.705 bits per heavy atom. The molecule has 0 unspecified atom stereocenters. The summed E-state index contributed by atoms with van der Waals surface area (Å²) in [6.45, 7) is 21.5. The maximum atomic E-state index is 10.4. The number of ether oxygens (including phenoxy) is 2. The molecule has 0 aromatic heterocycles. The Balaban J connectivity index is 1.27. The molecule has 6 atom stereocenters. The van der Waals surface area contributed by atoms with Gasteiger partial charge in [-0.1, -0.05) is 111 Å². The molecular weight excluding hydrogens is 544 g/mol. The van der Waals surface area contributed by atoms with Crippen molar-refractivity contribution in [2.75, 3.05) is 0 Å². The molecule has 2 heterocycles. The molecule has 4 rings (SSSR count). The summed E-state index contributed by atoms with van der Waals surface area (Å²) in [4.78, 5) is 0. The van der Waals surface area contributed by atoms with E-state index in [-0.39, 0.29) is 45.9 Å². The molecule has 0 aromatic carbocycles. The zero-order valence-corrected chi connectivity index (χ0v) is 28.8. The molecule has 0 spiro atoms. The predicted molar refractivity (Wildman–Crippen MR) is 183 cm³/mol. The molecular formula is C40H56O4. The van der Waals surface area contributed by atoms with Gasteiger partial charge in [0, 0.05) is 18.3 Å². The third-order valence-corrected chi connectivity index (χ3v) is 10.2. The van der Waals surface area contributed by atoms with E-state index in [2.05, 4.69) is 148 Å². The highest BCUT2D eigenvalue weighted by Gasteiger charge is 2.74. The molecule has 240 valence electrons. The van der Waals surface area contributed by atoms with E-state index in [9.17, 15) is 10.2 Å². The molecule has 0 amide bonds. The van der Waals surface area contributed by atoms with Gasteiger partial charge in [0.25, 0.3) is 0 Å². The number of hydrogen-bond donors (Lipinski definition) is 2. The Kier molecular flexibility index (Phi) is 9.93. The van der Waals surface area contributed by atoms with Crippen LogP contribution in [0.2, 0.25) is 0 Å². The molecule has 2 aliphatic heterocycles. The molecule has 1 saturated heterocycles. The van der Waals surface area contributed by atoms with Gasteiger partial charge in [-0.05, 0) is 83.1 Å². The Morgan fingerprint density at radius 2 is 1.25 bits per heavy atom. The summed E-state index contributed by atoms with van der Waals surface area (Å²) < 4.78 is 12.7. The molecule has 4 nitrogen and oxygen atoms in total. The molecule has 2 N–H and O–H groups in total. The number of rotatable bonds is 9. The van der Waals surface area contributed by atoms with Gasteiger partial charge in [0.2, 0.25) is 0 Å². The summed E-state index contributed by atoms with van der Waals surface area (Å²) in [5, 5.41) is 20.6. The summed E-state index contributed by atoms with van der Waals surface area (Å²) in [6, 6.07) is 0. The average molecular weight is 601 g/mol. The van der Waals surface area contributed by atoms with Gasteiger partial charge in [0.1, 0.15) is 11.2 Å². The summed E-state index contributed by atoms with van der Waals surface area (Å²) in [7, 11) is 0. The van der Waals surface area contributed by atoms with E-state index in [1.54, 1.807) is 0 Å². The van der Waals surface area contributed by atoms with Gasteiger partial charge >= 0.3 is 0 Å². The van der Waals surface area contributed by atoms with Crippen molar-refractivity contribution in [3.8, 4) is 0 Å². The van der Waals surface area contributed by atoms with Crippen molar-refractivity contribution in [1.82, 2.24) is 0 Å². The van der Waals surface area contributed by atoms with Crippen LogP contribution in [0.4, 0.5) is 0 Å². The SMILES string of the molecule is CC(=C/C=C/C(C)=C/C=C/C=C(C)/C=C/C=C(\C)[C@H]1C=C2C(C)(C)C[C@@H](O)C[C@@]2(C)O1)/C=C/[C@]12O[C@@]1(C)C[C@@H](O)CC2(C)C. The molecule has 44 heavy (non-hydrogen) atoms. The highest BCUT2D eigenvalue weighted by molar-refractivity contribution is 5.38. The second-order valence-corrected chi connectivity index (χ2v) is 15.4. The Labute approximate surface area is 267 Å². The smallest absolute Gasteiger partial charge is 0.121 e. The van der Waals surface area contributed by atoms with Crippen molar-refractivity contribution >= 4 is 0 Å². The largest absolute Gasteiger partial charge is 0.393 e. The number of aliphatic hydroxyl groups excluding tert-OH is 2. The van der Waals surface area contributed by atoms with Gasteiger partial charge in [-0.25, -0.2) is 0 Å². The van der Waals surface area contributed by atoms with Gasteiger partial charge in [-0.15, -0.1) is 0 Å². The minimum absolute atomic E-state index is 0.0500. The number of fused-ring (bicyclic) bond motifs is 2. The summed E-state index contributed by atoms with van der Waals surface area (Å²) in [6.07, 6.45) is 29.9. The van der Waals surface area contributed by atoms with E-state index in [1.807, 2.05) is 0 Å². The zero-order chi connectivity index (χ0) is 32.6. The summed E-state index contributed by atoms with van der Waals surface area (Å²) in [5.41, 5.74) is 4.89. The first-order valence-electron chi connectivity index (χ1n) is 16.3. The van der Waals surface area contributed by atoms with E-state index < -0.39 is 0 Å². The van der Waals surface area contributed by atoms with Crippen LogP contribution in [-0.2, 0) is 9.47 Å². The zero-order valence-electron chi connectivity index (χ0n) is 28.8. The molecule has 2 saturated carbocycles. The van der Waals surface area contributed by atoms with Crippen molar-refractivity contribution in [1.29, 1.82) is 0 Å². The molecule has 0 bridgehead atoms. The van der Waals surface area contributed by atoms with Crippen LogP contribution >= 0.6 is 0 Å². The summed E-state index contributed by atoms with van der Waals surface area (Å²) >= 11 is 0. The maximum Gasteiger partial charge on any atom is 0.121 e. The van der Waals surface area contributed by atoms with Crippen LogP contribution in [0, 0.1) is 10.8 Å². The molecule has 3 fully saturated rings. The van der Waals surface area contributed by atoms with Crippen LogP contribution in [0.5, 0.6) is 0 Å². The van der Waals surface area contributed by atoms with E-state index in [4.69, 9.17) is 9.47 Å². The van der Waals surface area contributed by atoms with Crippen molar-refractivity contribution < 1.29 is 19.7 Å². The lowest BCUT2D eigenvalue weighted by atomic mass is 9.63. The molecule has 4 aliphatic rings.